The Hall–Kier alpha value is -0.710. The number of rotatable bonds is 3. The van der Waals surface area contributed by atoms with Gasteiger partial charge in [0.05, 0.1) is 4.90 Å². The second-order valence-electron chi connectivity index (χ2n) is 2.92. The predicted octanol–water partition coefficient (Wildman–Crippen LogP) is 4.20. The van der Waals surface area contributed by atoms with Gasteiger partial charge < -0.3 is 0 Å². The lowest BCUT2D eigenvalue weighted by Crippen LogP contribution is -2.00. The van der Waals surface area contributed by atoms with Crippen LogP contribution in [0.1, 0.15) is 12.5 Å². The van der Waals surface area contributed by atoms with Crippen LogP contribution in [-0.2, 0) is 6.42 Å². The fourth-order valence-corrected chi connectivity index (χ4v) is 1.66. The maximum Gasteiger partial charge on any atom is 0.446 e. The van der Waals surface area contributed by atoms with Crippen LogP contribution in [0.3, 0.4) is 0 Å². The number of benzene rings is 1. The van der Waals surface area contributed by atoms with Gasteiger partial charge in [0, 0.05) is 0 Å². The van der Waals surface area contributed by atoms with Gasteiger partial charge in [-0.3, -0.25) is 0 Å². The monoisotopic (exact) mass is 237 g/mol. The van der Waals surface area contributed by atoms with Crippen molar-refractivity contribution in [1.29, 1.82) is 0 Å². The summed E-state index contributed by atoms with van der Waals surface area (Å²) < 4.78 is 49.0. The lowest BCUT2D eigenvalue weighted by atomic mass is 10.1. The maximum atomic E-state index is 13.2. The van der Waals surface area contributed by atoms with Crippen LogP contribution in [0.15, 0.2) is 23.1 Å². The Morgan fingerprint density at radius 2 is 2.00 bits per heavy atom. The number of halogens is 4. The van der Waals surface area contributed by atoms with Crippen molar-refractivity contribution < 1.29 is 17.6 Å². The van der Waals surface area contributed by atoms with E-state index in [0.29, 0.717) is 12.0 Å². The summed E-state index contributed by atoms with van der Waals surface area (Å²) in [5.74, 6) is -0.823. The smallest absolute Gasteiger partial charge is 0.206 e. The summed E-state index contributed by atoms with van der Waals surface area (Å²) in [4.78, 5) is -0.387. The van der Waals surface area contributed by atoms with Gasteiger partial charge in [0.25, 0.3) is 0 Å². The fraction of sp³-hybridized carbons (Fsp3) is 0.300. The molecule has 0 heterocycles. The van der Waals surface area contributed by atoms with E-state index in [0.717, 1.165) is 12.1 Å². The maximum absolute atomic E-state index is 13.2. The molecule has 0 atom stereocenters. The lowest BCUT2D eigenvalue weighted by Gasteiger charge is -2.07. The molecule has 1 rings (SSSR count). The van der Waals surface area contributed by atoms with Crippen LogP contribution >= 0.6 is 11.8 Å². The van der Waals surface area contributed by atoms with E-state index in [1.807, 2.05) is 6.42 Å². The topological polar surface area (TPSA) is 0 Å². The van der Waals surface area contributed by atoms with Gasteiger partial charge in [0.15, 0.2) is 0 Å². The van der Waals surface area contributed by atoms with E-state index >= 15 is 0 Å². The quantitative estimate of drug-likeness (QED) is 0.560. The first-order valence-corrected chi connectivity index (χ1v) is 5.06. The third-order valence-corrected chi connectivity index (χ3v) is 2.44. The summed E-state index contributed by atoms with van der Waals surface area (Å²) in [6.45, 7) is 1.80. The van der Waals surface area contributed by atoms with E-state index in [1.54, 1.807) is 6.92 Å². The van der Waals surface area contributed by atoms with Crippen LogP contribution in [0, 0.1) is 12.2 Å². The van der Waals surface area contributed by atoms with E-state index in [-0.39, 0.29) is 4.90 Å². The first-order chi connectivity index (χ1) is 6.92. The van der Waals surface area contributed by atoms with E-state index in [1.165, 1.54) is 6.07 Å². The van der Waals surface area contributed by atoms with Crippen LogP contribution < -0.4 is 0 Å². The van der Waals surface area contributed by atoms with Crippen molar-refractivity contribution in [1.82, 2.24) is 0 Å². The molecule has 0 N–H and O–H groups in total. The predicted molar refractivity (Wildman–Crippen MR) is 52.0 cm³/mol. The van der Waals surface area contributed by atoms with Crippen molar-refractivity contribution >= 4 is 11.8 Å². The molecule has 1 radical (unpaired) electrons. The lowest BCUT2D eigenvalue weighted by molar-refractivity contribution is -0.0329. The Bertz CT molecular complexity index is 333. The Morgan fingerprint density at radius 3 is 2.47 bits per heavy atom. The van der Waals surface area contributed by atoms with Crippen molar-refractivity contribution in [2.75, 3.05) is 0 Å². The summed E-state index contributed by atoms with van der Waals surface area (Å²) in [7, 11) is 0. The van der Waals surface area contributed by atoms with Crippen LogP contribution in [0.25, 0.3) is 0 Å². The summed E-state index contributed by atoms with van der Waals surface area (Å²) in [5.41, 5.74) is -3.78. The van der Waals surface area contributed by atoms with Gasteiger partial charge in [-0.15, -0.1) is 0 Å². The molecule has 0 saturated heterocycles. The molecule has 83 valence electrons. The third-order valence-electron chi connectivity index (χ3n) is 1.66. The Labute approximate surface area is 89.7 Å². The molecule has 1 aromatic carbocycles. The van der Waals surface area contributed by atoms with Gasteiger partial charge in [0.2, 0.25) is 0 Å². The van der Waals surface area contributed by atoms with E-state index in [2.05, 4.69) is 0 Å². The number of hydrogen-bond acceptors (Lipinski definition) is 1. The van der Waals surface area contributed by atoms with Gasteiger partial charge in [-0.2, -0.15) is 13.2 Å². The molecule has 1 aromatic rings. The number of thioether (sulfide) groups is 1. The van der Waals surface area contributed by atoms with Gasteiger partial charge in [-0.1, -0.05) is 13.0 Å². The molecular formula is C10H9F4S. The van der Waals surface area contributed by atoms with Crippen molar-refractivity contribution in [3.05, 3.63) is 36.0 Å². The second kappa shape index (κ2) is 4.88. The molecule has 0 aliphatic heterocycles. The Balaban J connectivity index is 2.84. The largest absolute Gasteiger partial charge is 0.446 e. The van der Waals surface area contributed by atoms with Crippen molar-refractivity contribution in [2.24, 2.45) is 0 Å². The van der Waals surface area contributed by atoms with Crippen LogP contribution in [0.5, 0.6) is 0 Å². The third kappa shape index (κ3) is 4.11. The summed E-state index contributed by atoms with van der Waals surface area (Å²) in [5, 5.41) is 0. The molecule has 0 saturated carbocycles. The molecule has 0 unspecified atom stereocenters. The second-order valence-corrected chi connectivity index (χ2v) is 4.03. The molecule has 0 spiro atoms. The van der Waals surface area contributed by atoms with E-state index in [4.69, 9.17) is 0 Å². The molecule has 0 fully saturated rings. The van der Waals surface area contributed by atoms with Crippen LogP contribution in [0.4, 0.5) is 17.6 Å². The highest BCUT2D eigenvalue weighted by atomic mass is 32.2. The van der Waals surface area contributed by atoms with Gasteiger partial charge in [0.1, 0.15) is 5.82 Å². The highest BCUT2D eigenvalue weighted by Crippen LogP contribution is 2.38. The van der Waals surface area contributed by atoms with Crippen LogP contribution in [-0.4, -0.2) is 5.51 Å². The van der Waals surface area contributed by atoms with Gasteiger partial charge >= 0.3 is 5.51 Å². The zero-order valence-corrected chi connectivity index (χ0v) is 8.75. The Kier molecular flexibility index (Phi) is 4.02. The Morgan fingerprint density at radius 1 is 1.33 bits per heavy atom. The average Bonchev–Trinajstić information content (AvgIpc) is 2.08. The molecular weight excluding hydrogens is 228 g/mol. The minimum Gasteiger partial charge on any atom is -0.206 e. The minimum absolute atomic E-state index is 0.387. The zero-order chi connectivity index (χ0) is 11.5. The molecule has 0 aliphatic rings. The molecule has 15 heavy (non-hydrogen) atoms. The van der Waals surface area contributed by atoms with Gasteiger partial charge in [-0.25, -0.2) is 4.39 Å². The molecule has 0 aliphatic carbocycles. The average molecular weight is 237 g/mol. The van der Waals surface area contributed by atoms with Gasteiger partial charge in [-0.05, 0) is 42.3 Å². The molecule has 0 nitrogen and oxygen atoms in total. The summed E-state index contributed by atoms with van der Waals surface area (Å²) in [6, 6.07) is 3.79. The fourth-order valence-electron chi connectivity index (χ4n) is 1.11. The standard InChI is InChI=1S/C10H9F4S/c1-2-3-7-4-5-9(8(11)6-7)15-10(12,13)14/h2,4-6H,3H2,1H3. The van der Waals surface area contributed by atoms with Crippen molar-refractivity contribution in [3.63, 3.8) is 0 Å². The minimum atomic E-state index is -4.45. The normalized spacial score (nSPS) is 11.8. The number of hydrogen-bond donors (Lipinski definition) is 0. The van der Waals surface area contributed by atoms with Crippen molar-refractivity contribution in [2.45, 2.75) is 23.7 Å². The van der Waals surface area contributed by atoms with Crippen molar-refractivity contribution in [3.8, 4) is 0 Å². The summed E-state index contributed by atoms with van der Waals surface area (Å²) >= 11 is -0.431. The number of alkyl halides is 3. The van der Waals surface area contributed by atoms with Crippen LogP contribution in [0.2, 0.25) is 0 Å². The SMILES string of the molecule is C[CH]Cc1ccc(SC(F)(F)F)c(F)c1. The molecule has 0 aromatic heterocycles. The highest BCUT2D eigenvalue weighted by Gasteiger charge is 2.30. The highest BCUT2D eigenvalue weighted by molar-refractivity contribution is 8.00. The first kappa shape index (κ1) is 12.4. The first-order valence-electron chi connectivity index (χ1n) is 4.24. The summed E-state index contributed by atoms with van der Waals surface area (Å²) in [6.07, 6.45) is 2.36. The molecule has 5 heteroatoms. The molecule has 0 amide bonds. The van der Waals surface area contributed by atoms with E-state index < -0.39 is 23.1 Å². The zero-order valence-electron chi connectivity index (χ0n) is 7.94. The van der Waals surface area contributed by atoms with E-state index in [9.17, 15) is 17.6 Å². The molecule has 0 bridgehead atoms.